The number of hydrogen-bond acceptors (Lipinski definition) is 3. The van der Waals surface area contributed by atoms with E-state index in [-0.39, 0.29) is 27.8 Å². The highest BCUT2D eigenvalue weighted by Gasteiger charge is 2.23. The van der Waals surface area contributed by atoms with E-state index in [1.54, 1.807) is 6.92 Å². The standard InChI is InChI=1S/C13H16Cl2O3/c1-3-4-5-6-8(16)9-12(17)10(14)7(2)11(15)13(9)18/h17-18H,3-6H2,1-2H3. The van der Waals surface area contributed by atoms with Crippen LogP contribution >= 0.6 is 23.2 Å². The molecular formula is C13H16Cl2O3. The summed E-state index contributed by atoms with van der Waals surface area (Å²) >= 11 is 11.7. The first-order valence-electron chi connectivity index (χ1n) is 5.84. The molecular weight excluding hydrogens is 275 g/mol. The molecule has 0 bridgehead atoms. The first-order valence-corrected chi connectivity index (χ1v) is 6.60. The van der Waals surface area contributed by atoms with Crippen molar-refractivity contribution in [3.05, 3.63) is 21.2 Å². The van der Waals surface area contributed by atoms with Crippen molar-refractivity contribution in [3.63, 3.8) is 0 Å². The first-order chi connectivity index (χ1) is 8.41. The third-order valence-electron chi connectivity index (χ3n) is 2.83. The molecule has 0 radical (unpaired) electrons. The second-order valence-electron chi connectivity index (χ2n) is 4.21. The smallest absolute Gasteiger partial charge is 0.170 e. The molecule has 1 aromatic carbocycles. The summed E-state index contributed by atoms with van der Waals surface area (Å²) in [7, 11) is 0. The van der Waals surface area contributed by atoms with Crippen LogP contribution in [0.15, 0.2) is 0 Å². The van der Waals surface area contributed by atoms with Gasteiger partial charge in [-0.1, -0.05) is 43.0 Å². The molecule has 0 aliphatic rings. The minimum atomic E-state index is -0.391. The number of carbonyl (C=O) groups is 1. The molecule has 0 aliphatic carbocycles. The van der Waals surface area contributed by atoms with Crippen molar-refractivity contribution >= 4 is 29.0 Å². The molecule has 1 aromatic rings. The van der Waals surface area contributed by atoms with Crippen LogP contribution in [0.25, 0.3) is 0 Å². The first kappa shape index (κ1) is 15.1. The summed E-state index contributed by atoms with van der Waals surface area (Å²) in [5, 5.41) is 19.7. The Balaban J connectivity index is 3.13. The quantitative estimate of drug-likeness (QED) is 0.621. The molecule has 2 N–H and O–H groups in total. The maximum atomic E-state index is 11.9. The summed E-state index contributed by atoms with van der Waals surface area (Å²) in [5.74, 6) is -1.13. The predicted molar refractivity (Wildman–Crippen MR) is 73.0 cm³/mol. The van der Waals surface area contributed by atoms with Crippen LogP contribution in [0.3, 0.4) is 0 Å². The molecule has 0 aliphatic heterocycles. The normalized spacial score (nSPS) is 10.7. The lowest BCUT2D eigenvalue weighted by atomic mass is 10.0. The number of rotatable bonds is 5. The van der Waals surface area contributed by atoms with Gasteiger partial charge in [-0.15, -0.1) is 0 Å². The SMILES string of the molecule is CCCCCC(=O)c1c(O)c(Cl)c(C)c(Cl)c1O. The monoisotopic (exact) mass is 290 g/mol. The van der Waals surface area contributed by atoms with Crippen LogP contribution in [0.5, 0.6) is 11.5 Å². The number of hydrogen-bond donors (Lipinski definition) is 2. The van der Waals surface area contributed by atoms with Crippen LogP contribution in [0.4, 0.5) is 0 Å². The number of carbonyl (C=O) groups excluding carboxylic acids is 1. The van der Waals surface area contributed by atoms with Gasteiger partial charge in [0.25, 0.3) is 0 Å². The summed E-state index contributed by atoms with van der Waals surface area (Å²) in [6.07, 6.45) is 2.86. The van der Waals surface area contributed by atoms with Crippen molar-refractivity contribution in [2.75, 3.05) is 0 Å². The van der Waals surface area contributed by atoms with Crippen molar-refractivity contribution in [3.8, 4) is 11.5 Å². The van der Waals surface area contributed by atoms with Gasteiger partial charge in [-0.2, -0.15) is 0 Å². The van der Waals surface area contributed by atoms with Crippen LogP contribution < -0.4 is 0 Å². The Kier molecular flexibility index (Phi) is 5.29. The zero-order valence-corrected chi connectivity index (χ0v) is 11.9. The van der Waals surface area contributed by atoms with Crippen molar-refractivity contribution in [2.45, 2.75) is 39.5 Å². The van der Waals surface area contributed by atoms with E-state index in [9.17, 15) is 15.0 Å². The highest BCUT2D eigenvalue weighted by molar-refractivity contribution is 6.38. The Labute approximate surface area is 116 Å². The number of phenols is 2. The van der Waals surface area contributed by atoms with Gasteiger partial charge in [-0.25, -0.2) is 0 Å². The van der Waals surface area contributed by atoms with E-state index in [1.807, 2.05) is 6.92 Å². The van der Waals surface area contributed by atoms with Gasteiger partial charge >= 0.3 is 0 Å². The molecule has 0 saturated carbocycles. The average molecular weight is 291 g/mol. The van der Waals surface area contributed by atoms with Gasteiger partial charge in [0.2, 0.25) is 0 Å². The van der Waals surface area contributed by atoms with E-state index in [2.05, 4.69) is 0 Å². The summed E-state index contributed by atoms with van der Waals surface area (Å²) in [4.78, 5) is 11.9. The summed E-state index contributed by atoms with van der Waals surface area (Å²) < 4.78 is 0. The van der Waals surface area contributed by atoms with Crippen molar-refractivity contribution in [1.29, 1.82) is 0 Å². The van der Waals surface area contributed by atoms with Crippen molar-refractivity contribution in [1.82, 2.24) is 0 Å². The number of phenolic OH excluding ortho intramolecular Hbond substituents is 2. The van der Waals surface area contributed by atoms with Gasteiger partial charge in [0.15, 0.2) is 5.78 Å². The Morgan fingerprint density at radius 3 is 2.06 bits per heavy atom. The Morgan fingerprint density at radius 2 is 1.61 bits per heavy atom. The van der Waals surface area contributed by atoms with Gasteiger partial charge in [-0.3, -0.25) is 4.79 Å². The topological polar surface area (TPSA) is 57.5 Å². The minimum absolute atomic E-state index is 0.0108. The largest absolute Gasteiger partial charge is 0.505 e. The van der Waals surface area contributed by atoms with Gasteiger partial charge in [0.05, 0.1) is 10.0 Å². The molecule has 100 valence electrons. The second kappa shape index (κ2) is 6.30. The van der Waals surface area contributed by atoms with Crippen LogP contribution in [0.2, 0.25) is 10.0 Å². The molecule has 0 amide bonds. The molecule has 0 aromatic heterocycles. The predicted octanol–water partition coefficient (Wildman–Crippen LogP) is 4.48. The molecule has 0 spiro atoms. The molecule has 5 heteroatoms. The third-order valence-corrected chi connectivity index (χ3v) is 3.76. The number of aromatic hydroxyl groups is 2. The van der Waals surface area contributed by atoms with Crippen LogP contribution in [-0.2, 0) is 0 Å². The number of ketones is 1. The average Bonchev–Trinajstić information content (AvgIpc) is 2.34. The highest BCUT2D eigenvalue weighted by Crippen LogP contribution is 2.43. The molecule has 1 rings (SSSR count). The molecule has 0 saturated heterocycles. The van der Waals surface area contributed by atoms with E-state index in [4.69, 9.17) is 23.2 Å². The fourth-order valence-corrected chi connectivity index (χ4v) is 2.13. The van der Waals surface area contributed by atoms with Gasteiger partial charge in [0.1, 0.15) is 17.1 Å². The van der Waals surface area contributed by atoms with E-state index < -0.39 is 11.5 Å². The minimum Gasteiger partial charge on any atom is -0.505 e. The fourth-order valence-electron chi connectivity index (χ4n) is 1.71. The number of unbranched alkanes of at least 4 members (excludes halogenated alkanes) is 2. The Hall–Kier alpha value is -0.930. The van der Waals surface area contributed by atoms with Crippen molar-refractivity contribution < 1.29 is 15.0 Å². The van der Waals surface area contributed by atoms with E-state index in [0.29, 0.717) is 12.0 Å². The third kappa shape index (κ3) is 2.90. The second-order valence-corrected chi connectivity index (χ2v) is 4.96. The zero-order valence-electron chi connectivity index (χ0n) is 10.4. The van der Waals surface area contributed by atoms with Gasteiger partial charge in [0, 0.05) is 6.42 Å². The molecule has 0 fully saturated rings. The summed E-state index contributed by atoms with van der Waals surface area (Å²) in [6.45, 7) is 3.59. The van der Waals surface area contributed by atoms with Crippen LogP contribution in [0.1, 0.15) is 48.5 Å². The molecule has 0 heterocycles. The fraction of sp³-hybridized carbons (Fsp3) is 0.462. The van der Waals surface area contributed by atoms with Gasteiger partial charge < -0.3 is 10.2 Å². The lowest BCUT2D eigenvalue weighted by Crippen LogP contribution is -2.02. The maximum absolute atomic E-state index is 11.9. The lowest BCUT2D eigenvalue weighted by molar-refractivity contribution is 0.0974. The zero-order chi connectivity index (χ0) is 13.9. The molecule has 0 unspecified atom stereocenters. The molecule has 18 heavy (non-hydrogen) atoms. The number of halogens is 2. The number of benzene rings is 1. The van der Waals surface area contributed by atoms with Crippen LogP contribution in [-0.4, -0.2) is 16.0 Å². The molecule has 3 nitrogen and oxygen atoms in total. The summed E-state index contributed by atoms with van der Waals surface area (Å²) in [5.41, 5.74) is 0.185. The Bertz CT molecular complexity index is 441. The van der Waals surface area contributed by atoms with Crippen molar-refractivity contribution in [2.24, 2.45) is 0 Å². The lowest BCUT2D eigenvalue weighted by Gasteiger charge is -2.12. The Morgan fingerprint density at radius 1 is 1.11 bits per heavy atom. The van der Waals surface area contributed by atoms with E-state index in [1.165, 1.54) is 0 Å². The van der Waals surface area contributed by atoms with Gasteiger partial charge in [-0.05, 0) is 18.9 Å². The molecule has 0 atom stereocenters. The van der Waals surface area contributed by atoms with E-state index in [0.717, 1.165) is 12.8 Å². The van der Waals surface area contributed by atoms with E-state index >= 15 is 0 Å². The maximum Gasteiger partial charge on any atom is 0.170 e. The highest BCUT2D eigenvalue weighted by atomic mass is 35.5. The summed E-state index contributed by atoms with van der Waals surface area (Å²) in [6, 6.07) is 0. The van der Waals surface area contributed by atoms with Crippen LogP contribution in [0, 0.1) is 6.92 Å². The number of Topliss-reactive ketones (excluding diaryl/α,β-unsaturated/α-hetero) is 1.